The van der Waals surface area contributed by atoms with Crippen LogP contribution in [0.4, 0.5) is 8.78 Å². The maximum absolute atomic E-state index is 13.2. The van der Waals surface area contributed by atoms with E-state index in [4.69, 9.17) is 0 Å². The van der Waals surface area contributed by atoms with E-state index in [2.05, 4.69) is 15.5 Å². The van der Waals surface area contributed by atoms with E-state index in [1.165, 1.54) is 12.1 Å². The summed E-state index contributed by atoms with van der Waals surface area (Å²) in [5.41, 5.74) is 0.675. The van der Waals surface area contributed by atoms with Gasteiger partial charge < -0.3 is 9.88 Å². The van der Waals surface area contributed by atoms with Crippen LogP contribution in [-0.2, 0) is 11.3 Å². The molecule has 0 radical (unpaired) electrons. The van der Waals surface area contributed by atoms with Crippen LogP contribution in [0.15, 0.2) is 24.5 Å². The maximum Gasteiger partial charge on any atom is 0.223 e. The number of aryl methyl sites for hydroxylation is 1. The molecule has 116 valence electrons. The van der Waals surface area contributed by atoms with Crippen LogP contribution in [-0.4, -0.2) is 27.2 Å². The quantitative estimate of drug-likeness (QED) is 0.916. The number of aromatic nitrogens is 3. The van der Waals surface area contributed by atoms with Gasteiger partial charge in [-0.15, -0.1) is 10.2 Å². The van der Waals surface area contributed by atoms with Gasteiger partial charge in [-0.05, 0) is 37.0 Å². The molecule has 0 bridgehead atoms. The fraction of sp³-hybridized carbons (Fsp3) is 0.400. The number of rotatable bonds is 5. The van der Waals surface area contributed by atoms with Crippen molar-refractivity contribution in [3.8, 4) is 0 Å². The predicted molar refractivity (Wildman–Crippen MR) is 75.0 cm³/mol. The Morgan fingerprint density at radius 1 is 1.41 bits per heavy atom. The zero-order valence-corrected chi connectivity index (χ0v) is 12.1. The van der Waals surface area contributed by atoms with Crippen LogP contribution >= 0.6 is 0 Å². The highest BCUT2D eigenvalue weighted by Crippen LogP contribution is 2.47. The molecule has 1 N–H and O–H groups in total. The van der Waals surface area contributed by atoms with Gasteiger partial charge in [-0.25, -0.2) is 8.78 Å². The Labute approximate surface area is 126 Å². The Bertz CT molecular complexity index is 701. The molecule has 7 heteroatoms. The number of amides is 1. The van der Waals surface area contributed by atoms with Crippen LogP contribution in [0.3, 0.4) is 0 Å². The van der Waals surface area contributed by atoms with Crippen molar-refractivity contribution in [3.63, 3.8) is 0 Å². The maximum atomic E-state index is 13.2. The summed E-state index contributed by atoms with van der Waals surface area (Å²) in [5.74, 6) is -1.18. The van der Waals surface area contributed by atoms with E-state index in [1.54, 1.807) is 6.33 Å². The highest BCUT2D eigenvalue weighted by molar-refractivity contribution is 5.82. The molecule has 1 heterocycles. The summed E-state index contributed by atoms with van der Waals surface area (Å²) >= 11 is 0. The number of carbonyl (C=O) groups is 1. The first kappa shape index (κ1) is 14.6. The fourth-order valence-corrected chi connectivity index (χ4v) is 2.56. The summed E-state index contributed by atoms with van der Waals surface area (Å²) in [7, 11) is 0. The lowest BCUT2D eigenvalue weighted by Crippen LogP contribution is -2.29. The van der Waals surface area contributed by atoms with Crippen molar-refractivity contribution in [2.24, 2.45) is 5.92 Å². The van der Waals surface area contributed by atoms with Crippen molar-refractivity contribution >= 4 is 5.91 Å². The molecule has 1 aromatic heterocycles. The van der Waals surface area contributed by atoms with Gasteiger partial charge in [-0.3, -0.25) is 4.79 Å². The number of benzene rings is 1. The molecule has 22 heavy (non-hydrogen) atoms. The van der Waals surface area contributed by atoms with Crippen LogP contribution in [0.2, 0.25) is 0 Å². The van der Waals surface area contributed by atoms with E-state index < -0.39 is 11.6 Å². The number of carbonyl (C=O) groups excluding carboxylic acids is 1. The van der Waals surface area contributed by atoms with Gasteiger partial charge in [0.1, 0.15) is 12.2 Å². The molecular weight excluding hydrogens is 290 g/mol. The SMILES string of the molecule is Cc1nncn1CCNC(=O)[C@H]1C[C@@H]1c1ccc(F)c(F)c1. The van der Waals surface area contributed by atoms with E-state index in [0.717, 1.165) is 11.9 Å². The third-order valence-electron chi connectivity index (χ3n) is 3.96. The van der Waals surface area contributed by atoms with Crippen LogP contribution in [0.1, 0.15) is 23.7 Å². The highest BCUT2D eigenvalue weighted by atomic mass is 19.2. The molecule has 0 unspecified atom stereocenters. The molecule has 0 spiro atoms. The largest absolute Gasteiger partial charge is 0.354 e. The first-order valence-electron chi connectivity index (χ1n) is 7.13. The molecule has 1 amide bonds. The summed E-state index contributed by atoms with van der Waals surface area (Å²) in [6.07, 6.45) is 2.28. The molecular formula is C15H16F2N4O. The third-order valence-corrected chi connectivity index (χ3v) is 3.96. The van der Waals surface area contributed by atoms with Gasteiger partial charge in [-0.2, -0.15) is 0 Å². The van der Waals surface area contributed by atoms with Gasteiger partial charge in [0.15, 0.2) is 11.6 Å². The van der Waals surface area contributed by atoms with Gasteiger partial charge in [0.25, 0.3) is 0 Å². The van der Waals surface area contributed by atoms with E-state index in [1.807, 2.05) is 11.5 Å². The summed E-state index contributed by atoms with van der Waals surface area (Å²) in [6, 6.07) is 3.82. The van der Waals surface area contributed by atoms with E-state index in [0.29, 0.717) is 25.1 Å². The average Bonchev–Trinajstić information content (AvgIpc) is 3.20. The van der Waals surface area contributed by atoms with Crippen molar-refractivity contribution in [2.45, 2.75) is 25.8 Å². The molecule has 2 aromatic rings. The second kappa shape index (κ2) is 5.82. The normalized spacial score (nSPS) is 20.0. The molecule has 0 saturated heterocycles. The number of hydrogen-bond donors (Lipinski definition) is 1. The van der Waals surface area contributed by atoms with Crippen molar-refractivity contribution in [1.29, 1.82) is 0 Å². The summed E-state index contributed by atoms with van der Waals surface area (Å²) in [5, 5.41) is 10.5. The number of hydrogen-bond acceptors (Lipinski definition) is 3. The zero-order valence-electron chi connectivity index (χ0n) is 12.1. The van der Waals surface area contributed by atoms with Gasteiger partial charge >= 0.3 is 0 Å². The van der Waals surface area contributed by atoms with E-state index in [-0.39, 0.29) is 17.7 Å². The molecule has 1 aliphatic carbocycles. The highest BCUT2D eigenvalue weighted by Gasteiger charge is 2.43. The Kier molecular flexibility index (Phi) is 3.87. The smallest absolute Gasteiger partial charge is 0.223 e. The van der Waals surface area contributed by atoms with Crippen LogP contribution in [0, 0.1) is 24.5 Å². The molecule has 5 nitrogen and oxygen atoms in total. The molecule has 0 aliphatic heterocycles. The summed E-state index contributed by atoms with van der Waals surface area (Å²) in [4.78, 5) is 12.0. The summed E-state index contributed by atoms with van der Waals surface area (Å²) < 4.78 is 28.0. The topological polar surface area (TPSA) is 59.8 Å². The van der Waals surface area contributed by atoms with Crippen molar-refractivity contribution < 1.29 is 13.6 Å². The first-order valence-corrected chi connectivity index (χ1v) is 7.13. The van der Waals surface area contributed by atoms with E-state index >= 15 is 0 Å². The Balaban J connectivity index is 1.50. The molecule has 1 fully saturated rings. The molecule has 1 saturated carbocycles. The van der Waals surface area contributed by atoms with Crippen molar-refractivity contribution in [1.82, 2.24) is 20.1 Å². The minimum Gasteiger partial charge on any atom is -0.354 e. The third kappa shape index (κ3) is 2.98. The van der Waals surface area contributed by atoms with Crippen LogP contribution in [0.25, 0.3) is 0 Å². The Morgan fingerprint density at radius 3 is 2.91 bits per heavy atom. The minimum absolute atomic E-state index is 0.0215. The fourth-order valence-electron chi connectivity index (χ4n) is 2.56. The van der Waals surface area contributed by atoms with Crippen LogP contribution < -0.4 is 5.32 Å². The monoisotopic (exact) mass is 306 g/mol. The minimum atomic E-state index is -0.869. The lowest BCUT2D eigenvalue weighted by atomic mass is 10.1. The predicted octanol–water partition coefficient (Wildman–Crippen LogP) is 1.78. The second-order valence-corrected chi connectivity index (χ2v) is 5.48. The first-order chi connectivity index (χ1) is 10.6. The van der Waals surface area contributed by atoms with Gasteiger partial charge in [0, 0.05) is 19.0 Å². The van der Waals surface area contributed by atoms with E-state index in [9.17, 15) is 13.6 Å². The molecule has 3 rings (SSSR count). The van der Waals surface area contributed by atoms with Gasteiger partial charge in [0.2, 0.25) is 5.91 Å². The van der Waals surface area contributed by atoms with Crippen molar-refractivity contribution in [3.05, 3.63) is 47.5 Å². The van der Waals surface area contributed by atoms with Gasteiger partial charge in [0.05, 0.1) is 0 Å². The lowest BCUT2D eigenvalue weighted by Gasteiger charge is -2.06. The average molecular weight is 306 g/mol. The Morgan fingerprint density at radius 2 is 2.23 bits per heavy atom. The number of halogens is 2. The number of nitrogens with zero attached hydrogens (tertiary/aromatic N) is 3. The Hall–Kier alpha value is -2.31. The second-order valence-electron chi connectivity index (χ2n) is 5.48. The standard InChI is InChI=1S/C15H16F2N4O/c1-9-20-19-8-21(9)5-4-18-15(22)12-7-11(12)10-2-3-13(16)14(17)6-10/h2-3,6,8,11-12H,4-5,7H2,1H3,(H,18,22)/t11-,12+/m1/s1. The lowest BCUT2D eigenvalue weighted by molar-refractivity contribution is -0.122. The molecule has 1 aliphatic rings. The van der Waals surface area contributed by atoms with Crippen LogP contribution in [0.5, 0.6) is 0 Å². The number of nitrogens with one attached hydrogen (secondary N) is 1. The van der Waals surface area contributed by atoms with Crippen molar-refractivity contribution in [2.75, 3.05) is 6.54 Å². The molecule has 2 atom stereocenters. The summed E-state index contributed by atoms with van der Waals surface area (Å²) in [6.45, 7) is 2.93. The van der Waals surface area contributed by atoms with Gasteiger partial charge in [-0.1, -0.05) is 6.07 Å². The molecule has 1 aromatic carbocycles. The zero-order chi connectivity index (χ0) is 15.7.